The molecule has 0 spiro atoms. The highest BCUT2D eigenvalue weighted by Gasteiger charge is 2.27. The van der Waals surface area contributed by atoms with E-state index in [0.717, 1.165) is 24.0 Å². The summed E-state index contributed by atoms with van der Waals surface area (Å²) >= 11 is 0. The number of nitrogens with one attached hydrogen (secondary N) is 1. The number of nitrogens with zero attached hydrogens (tertiary/aromatic N) is 4. The third-order valence-corrected chi connectivity index (χ3v) is 4.98. The maximum absolute atomic E-state index is 12.3. The summed E-state index contributed by atoms with van der Waals surface area (Å²) < 4.78 is 4.98. The monoisotopic (exact) mass is 409 g/mol. The summed E-state index contributed by atoms with van der Waals surface area (Å²) in [6, 6.07) is 3.52. The number of anilines is 3. The van der Waals surface area contributed by atoms with E-state index in [-0.39, 0.29) is 17.8 Å². The summed E-state index contributed by atoms with van der Waals surface area (Å²) in [6.07, 6.45) is 3.09. The Morgan fingerprint density at radius 3 is 2.70 bits per heavy atom. The number of carbonyl (C=O) groups is 1. The van der Waals surface area contributed by atoms with Crippen molar-refractivity contribution in [3.05, 3.63) is 35.2 Å². The lowest BCUT2D eigenvalue weighted by Crippen LogP contribution is -2.42. The van der Waals surface area contributed by atoms with Crippen molar-refractivity contribution < 1.29 is 9.53 Å². The van der Waals surface area contributed by atoms with Gasteiger partial charge in [0.2, 0.25) is 11.9 Å². The van der Waals surface area contributed by atoms with E-state index in [9.17, 15) is 4.79 Å². The topological polar surface area (TPSA) is 132 Å². The number of carbonyl (C=O) groups excluding carboxylic acids is 1. The Morgan fingerprint density at radius 2 is 2.03 bits per heavy atom. The zero-order chi connectivity index (χ0) is 21.5. The predicted molar refractivity (Wildman–Crippen MR) is 116 cm³/mol. The maximum atomic E-state index is 12.3. The van der Waals surface area contributed by atoms with E-state index >= 15 is 0 Å². The summed E-state index contributed by atoms with van der Waals surface area (Å²) in [4.78, 5) is 27.2. The van der Waals surface area contributed by atoms with Gasteiger partial charge >= 0.3 is 0 Å². The summed E-state index contributed by atoms with van der Waals surface area (Å²) in [5.41, 5.74) is 13.7. The van der Waals surface area contributed by atoms with Gasteiger partial charge in [0.05, 0.1) is 17.9 Å². The van der Waals surface area contributed by atoms with Gasteiger partial charge in [-0.15, -0.1) is 0 Å². The Bertz CT molecular complexity index is 942. The van der Waals surface area contributed by atoms with Crippen LogP contribution >= 0.6 is 0 Å². The number of ether oxygens (including phenoxy) is 1. The van der Waals surface area contributed by atoms with Crippen LogP contribution in [0.3, 0.4) is 0 Å². The molecule has 2 aromatic heterocycles. The highest BCUT2D eigenvalue weighted by molar-refractivity contribution is 5.79. The zero-order valence-corrected chi connectivity index (χ0v) is 17.3. The van der Waals surface area contributed by atoms with Gasteiger partial charge in [-0.2, -0.15) is 4.98 Å². The van der Waals surface area contributed by atoms with Gasteiger partial charge in [0, 0.05) is 44.4 Å². The van der Waals surface area contributed by atoms with Crippen LogP contribution in [0.15, 0.2) is 18.3 Å². The Labute approximate surface area is 176 Å². The van der Waals surface area contributed by atoms with Crippen molar-refractivity contribution in [3.8, 4) is 11.8 Å². The van der Waals surface area contributed by atoms with Crippen molar-refractivity contribution in [2.24, 2.45) is 5.92 Å². The molecule has 0 aliphatic carbocycles. The molecule has 9 heteroatoms. The highest BCUT2D eigenvalue weighted by atomic mass is 16.5. The molecule has 1 amide bonds. The van der Waals surface area contributed by atoms with Crippen LogP contribution in [0.4, 0.5) is 17.6 Å². The Balaban J connectivity index is 1.75. The second kappa shape index (κ2) is 9.89. The molecule has 0 bridgehead atoms. The van der Waals surface area contributed by atoms with Crippen LogP contribution in [0.1, 0.15) is 29.7 Å². The molecule has 5 N–H and O–H groups in total. The Kier molecular flexibility index (Phi) is 7.03. The number of nitrogen functional groups attached to an aromatic ring is 2. The lowest BCUT2D eigenvalue weighted by atomic mass is 9.95. The van der Waals surface area contributed by atoms with E-state index in [2.05, 4.69) is 37.0 Å². The third-order valence-electron chi connectivity index (χ3n) is 4.98. The van der Waals surface area contributed by atoms with Crippen LogP contribution in [-0.4, -0.2) is 54.2 Å². The number of nitrogens with two attached hydrogens (primary N) is 2. The third kappa shape index (κ3) is 5.36. The second-order valence-electron chi connectivity index (χ2n) is 7.13. The summed E-state index contributed by atoms with van der Waals surface area (Å²) in [5.74, 6) is 7.67. The number of pyridine rings is 1. The minimum Gasteiger partial charge on any atom is -0.384 e. The normalized spacial score (nSPS) is 14.1. The Morgan fingerprint density at radius 1 is 1.27 bits per heavy atom. The molecule has 30 heavy (non-hydrogen) atoms. The molecule has 0 radical (unpaired) electrons. The molecule has 0 aromatic carbocycles. The molecule has 1 aliphatic rings. The highest BCUT2D eigenvalue weighted by Crippen LogP contribution is 2.26. The lowest BCUT2D eigenvalue weighted by molar-refractivity contribution is -0.125. The van der Waals surface area contributed by atoms with Crippen molar-refractivity contribution >= 4 is 23.5 Å². The molecular formula is C21H27N7O2. The van der Waals surface area contributed by atoms with Crippen molar-refractivity contribution in [2.75, 3.05) is 49.7 Å². The minimum absolute atomic E-state index is 0.0197. The quantitative estimate of drug-likeness (QED) is 0.486. The molecule has 1 fully saturated rings. The van der Waals surface area contributed by atoms with Gasteiger partial charge in [-0.3, -0.25) is 4.79 Å². The van der Waals surface area contributed by atoms with Gasteiger partial charge in [-0.25, -0.2) is 9.97 Å². The van der Waals surface area contributed by atoms with E-state index in [1.54, 1.807) is 19.4 Å². The number of hydrogen-bond donors (Lipinski definition) is 3. The van der Waals surface area contributed by atoms with E-state index in [0.29, 0.717) is 43.6 Å². The zero-order valence-electron chi connectivity index (χ0n) is 17.3. The summed E-state index contributed by atoms with van der Waals surface area (Å²) in [7, 11) is 1.62. The fourth-order valence-electron chi connectivity index (χ4n) is 3.34. The van der Waals surface area contributed by atoms with Crippen LogP contribution in [-0.2, 0) is 9.53 Å². The number of methoxy groups -OCH3 is 1. The average molecular weight is 409 g/mol. The largest absolute Gasteiger partial charge is 0.384 e. The fraction of sp³-hybridized carbons (Fsp3) is 0.429. The van der Waals surface area contributed by atoms with Gasteiger partial charge in [0.25, 0.3) is 0 Å². The number of aromatic nitrogens is 3. The maximum Gasteiger partial charge on any atom is 0.223 e. The molecule has 158 valence electrons. The first-order valence-corrected chi connectivity index (χ1v) is 9.87. The van der Waals surface area contributed by atoms with Crippen molar-refractivity contribution in [1.29, 1.82) is 0 Å². The van der Waals surface area contributed by atoms with Gasteiger partial charge < -0.3 is 26.4 Å². The molecule has 3 heterocycles. The first-order valence-electron chi connectivity index (χ1n) is 9.87. The molecule has 0 atom stereocenters. The van der Waals surface area contributed by atoms with E-state index in [1.165, 1.54) is 0 Å². The molecular weight excluding hydrogens is 382 g/mol. The number of amides is 1. The van der Waals surface area contributed by atoms with Gasteiger partial charge in [-0.05, 0) is 31.9 Å². The van der Waals surface area contributed by atoms with Crippen LogP contribution in [0.5, 0.6) is 0 Å². The van der Waals surface area contributed by atoms with Gasteiger partial charge in [0.1, 0.15) is 11.6 Å². The molecule has 2 aromatic rings. The second-order valence-corrected chi connectivity index (χ2v) is 7.13. The fourth-order valence-corrected chi connectivity index (χ4v) is 3.34. The summed E-state index contributed by atoms with van der Waals surface area (Å²) in [6.45, 7) is 4.28. The van der Waals surface area contributed by atoms with Gasteiger partial charge in [-0.1, -0.05) is 11.8 Å². The van der Waals surface area contributed by atoms with E-state index in [4.69, 9.17) is 16.2 Å². The van der Waals surface area contributed by atoms with Crippen molar-refractivity contribution in [2.45, 2.75) is 19.8 Å². The minimum atomic E-state index is -0.0197. The number of rotatable bonds is 5. The van der Waals surface area contributed by atoms with Crippen LogP contribution in [0.25, 0.3) is 0 Å². The molecule has 0 unspecified atom stereocenters. The SMILES string of the molecule is COCCNC(=O)C1CCN(c2nc(N)nc(C)c2C#Cc2ccc(N)nc2)CC1. The van der Waals surface area contributed by atoms with E-state index in [1.807, 2.05) is 13.0 Å². The van der Waals surface area contributed by atoms with Crippen LogP contribution in [0.2, 0.25) is 0 Å². The molecule has 1 aliphatic heterocycles. The number of piperidine rings is 1. The van der Waals surface area contributed by atoms with Crippen molar-refractivity contribution in [3.63, 3.8) is 0 Å². The molecule has 9 nitrogen and oxygen atoms in total. The van der Waals surface area contributed by atoms with Crippen molar-refractivity contribution in [1.82, 2.24) is 20.3 Å². The summed E-state index contributed by atoms with van der Waals surface area (Å²) in [5, 5.41) is 2.91. The predicted octanol–water partition coefficient (Wildman–Crippen LogP) is 0.723. The smallest absolute Gasteiger partial charge is 0.223 e. The first-order chi connectivity index (χ1) is 14.5. The Hall–Kier alpha value is -3.38. The van der Waals surface area contributed by atoms with Crippen LogP contribution in [0, 0.1) is 24.7 Å². The molecule has 1 saturated heterocycles. The number of aryl methyl sites for hydroxylation is 1. The number of hydrogen-bond acceptors (Lipinski definition) is 8. The lowest BCUT2D eigenvalue weighted by Gasteiger charge is -2.33. The van der Waals surface area contributed by atoms with Gasteiger partial charge in [0.15, 0.2) is 0 Å². The first kappa shape index (κ1) is 21.3. The van der Waals surface area contributed by atoms with Crippen LogP contribution < -0.4 is 21.7 Å². The average Bonchev–Trinajstić information content (AvgIpc) is 2.74. The standard InChI is InChI=1S/C21H27N7O2/c1-14-17(5-3-15-4-6-18(22)25-13-15)19(27-21(23)26-14)28-10-7-16(8-11-28)20(29)24-9-12-30-2/h4,6,13,16H,7-12H2,1-2H3,(H2,22,25)(H,24,29)(H2,23,26,27). The molecule has 0 saturated carbocycles. The molecule has 3 rings (SSSR count). The van der Waals surface area contributed by atoms with E-state index < -0.39 is 0 Å².